The van der Waals surface area contributed by atoms with Gasteiger partial charge in [0.15, 0.2) is 0 Å². The Kier molecular flexibility index (Phi) is 4.77. The molecule has 0 fully saturated rings. The average molecular weight is 275 g/mol. The van der Waals surface area contributed by atoms with Crippen molar-refractivity contribution in [2.45, 2.75) is 38.3 Å². The monoisotopic (exact) mass is 274 g/mol. The van der Waals surface area contributed by atoms with Crippen LogP contribution in [0.4, 0.5) is 0 Å². The Morgan fingerprint density at radius 2 is 2.12 bits per heavy atom. The quantitative estimate of drug-likeness (QED) is 0.367. The van der Waals surface area contributed by atoms with Gasteiger partial charge in [-0.2, -0.15) is 0 Å². The molecule has 0 aliphatic heterocycles. The number of rotatable bonds is 3. The molecule has 0 amide bonds. The second kappa shape index (κ2) is 5.69. The minimum absolute atomic E-state index is 0.191. The zero-order valence-electron chi connectivity index (χ0n) is 10.3. The number of halogens is 1. The van der Waals surface area contributed by atoms with Gasteiger partial charge in [-0.3, -0.25) is 4.79 Å². The number of thioether (sulfide) groups is 1. The van der Waals surface area contributed by atoms with Gasteiger partial charge in [-0.15, -0.1) is 0 Å². The molecule has 94 valence electrons. The van der Waals surface area contributed by atoms with E-state index < -0.39 is 5.60 Å². The van der Waals surface area contributed by atoms with E-state index in [0.29, 0.717) is 5.03 Å². The molecular formula is C11H15ClN2O2S. The van der Waals surface area contributed by atoms with E-state index in [2.05, 4.69) is 9.97 Å². The summed E-state index contributed by atoms with van der Waals surface area (Å²) in [6.45, 7) is 7.33. The predicted octanol–water partition coefficient (Wildman–Crippen LogP) is 2.87. The molecule has 0 radical (unpaired) electrons. The second-order valence-corrected chi connectivity index (χ2v) is 5.83. The Hall–Kier alpha value is -0.810. The molecule has 4 nitrogen and oxygen atoms in total. The third-order valence-electron chi connectivity index (χ3n) is 1.56. The fourth-order valence-electron chi connectivity index (χ4n) is 1.08. The lowest BCUT2D eigenvalue weighted by molar-refractivity contribution is -0.151. The van der Waals surface area contributed by atoms with Crippen molar-refractivity contribution in [3.63, 3.8) is 0 Å². The van der Waals surface area contributed by atoms with E-state index in [1.54, 1.807) is 6.07 Å². The molecule has 1 heterocycles. The number of nitrogens with zero attached hydrogens (tertiary/aromatic N) is 2. The molecule has 1 aromatic rings. The van der Waals surface area contributed by atoms with Crippen molar-refractivity contribution < 1.29 is 9.53 Å². The van der Waals surface area contributed by atoms with Crippen molar-refractivity contribution in [3.8, 4) is 0 Å². The number of carbonyl (C=O) groups excluding carboxylic acids is 1. The maximum atomic E-state index is 11.5. The molecule has 0 aromatic carbocycles. The van der Waals surface area contributed by atoms with Gasteiger partial charge in [0.05, 0.1) is 5.75 Å². The third kappa shape index (κ3) is 5.89. The van der Waals surface area contributed by atoms with Crippen molar-refractivity contribution in [3.05, 3.63) is 17.0 Å². The van der Waals surface area contributed by atoms with Crippen LogP contribution in [0.2, 0.25) is 5.28 Å². The molecule has 1 aromatic heterocycles. The Balaban J connectivity index is 2.53. The van der Waals surface area contributed by atoms with Crippen molar-refractivity contribution >= 4 is 29.3 Å². The lowest BCUT2D eigenvalue weighted by Gasteiger charge is -2.19. The highest BCUT2D eigenvalue weighted by atomic mass is 35.5. The molecular weight excluding hydrogens is 260 g/mol. The first kappa shape index (κ1) is 14.3. The molecule has 17 heavy (non-hydrogen) atoms. The number of aryl methyl sites for hydroxylation is 1. The summed E-state index contributed by atoms with van der Waals surface area (Å²) in [7, 11) is 0. The number of esters is 1. The van der Waals surface area contributed by atoms with Crippen molar-refractivity contribution in [1.82, 2.24) is 9.97 Å². The van der Waals surface area contributed by atoms with Crippen LogP contribution >= 0.6 is 23.4 Å². The van der Waals surface area contributed by atoms with Crippen LogP contribution < -0.4 is 0 Å². The van der Waals surface area contributed by atoms with Gasteiger partial charge >= 0.3 is 5.97 Å². The van der Waals surface area contributed by atoms with Crippen LogP contribution in [-0.2, 0) is 9.53 Å². The zero-order chi connectivity index (χ0) is 13.1. The highest BCUT2D eigenvalue weighted by Gasteiger charge is 2.16. The van der Waals surface area contributed by atoms with E-state index in [-0.39, 0.29) is 17.0 Å². The predicted molar refractivity (Wildman–Crippen MR) is 68.3 cm³/mol. The molecule has 0 bridgehead atoms. The van der Waals surface area contributed by atoms with E-state index >= 15 is 0 Å². The van der Waals surface area contributed by atoms with Gasteiger partial charge in [0, 0.05) is 5.69 Å². The molecule has 0 N–H and O–H groups in total. The normalized spacial score (nSPS) is 11.4. The number of hydrogen-bond acceptors (Lipinski definition) is 5. The summed E-state index contributed by atoms with van der Waals surface area (Å²) in [5.41, 5.74) is 0.313. The molecule has 6 heteroatoms. The van der Waals surface area contributed by atoms with Crippen LogP contribution in [0.25, 0.3) is 0 Å². The highest BCUT2D eigenvalue weighted by molar-refractivity contribution is 7.99. The molecule has 0 spiro atoms. The average Bonchev–Trinajstić information content (AvgIpc) is 2.10. The lowest BCUT2D eigenvalue weighted by Crippen LogP contribution is -2.24. The largest absolute Gasteiger partial charge is 0.459 e. The first-order valence-electron chi connectivity index (χ1n) is 5.12. The number of ether oxygens (including phenoxy) is 1. The van der Waals surface area contributed by atoms with Gasteiger partial charge in [0.25, 0.3) is 0 Å². The van der Waals surface area contributed by atoms with Gasteiger partial charge < -0.3 is 4.74 Å². The van der Waals surface area contributed by atoms with Crippen LogP contribution in [0.5, 0.6) is 0 Å². The van der Waals surface area contributed by atoms with Crippen molar-refractivity contribution in [2.24, 2.45) is 0 Å². The van der Waals surface area contributed by atoms with Crippen LogP contribution in [0, 0.1) is 6.92 Å². The minimum atomic E-state index is -0.461. The van der Waals surface area contributed by atoms with Crippen LogP contribution in [-0.4, -0.2) is 27.3 Å². The first-order valence-corrected chi connectivity index (χ1v) is 6.48. The van der Waals surface area contributed by atoms with Crippen LogP contribution in [0.15, 0.2) is 11.1 Å². The Morgan fingerprint density at radius 3 is 2.65 bits per heavy atom. The number of aromatic nitrogens is 2. The van der Waals surface area contributed by atoms with Gasteiger partial charge in [-0.25, -0.2) is 9.97 Å². The van der Waals surface area contributed by atoms with Gasteiger partial charge in [0.1, 0.15) is 10.6 Å². The number of hydrogen-bond donors (Lipinski definition) is 0. The zero-order valence-corrected chi connectivity index (χ0v) is 11.9. The fraction of sp³-hybridized carbons (Fsp3) is 0.545. The SMILES string of the molecule is Cc1cc(SCC(=O)OC(C)(C)C)nc(Cl)n1. The van der Waals surface area contributed by atoms with E-state index in [4.69, 9.17) is 16.3 Å². The van der Waals surface area contributed by atoms with Gasteiger partial charge in [-0.05, 0) is 45.4 Å². The molecule has 0 aliphatic rings. The highest BCUT2D eigenvalue weighted by Crippen LogP contribution is 2.19. The van der Waals surface area contributed by atoms with E-state index in [0.717, 1.165) is 5.69 Å². The third-order valence-corrected chi connectivity index (χ3v) is 2.62. The van der Waals surface area contributed by atoms with E-state index in [1.807, 2.05) is 27.7 Å². The topological polar surface area (TPSA) is 52.1 Å². The lowest BCUT2D eigenvalue weighted by atomic mass is 10.2. The van der Waals surface area contributed by atoms with Crippen LogP contribution in [0.1, 0.15) is 26.5 Å². The molecule has 0 unspecified atom stereocenters. The van der Waals surface area contributed by atoms with Crippen molar-refractivity contribution in [2.75, 3.05) is 5.75 Å². The summed E-state index contributed by atoms with van der Waals surface area (Å²) in [6, 6.07) is 1.78. The standard InChI is InChI=1S/C11H15ClN2O2S/c1-7-5-8(14-10(12)13-7)17-6-9(15)16-11(2,3)4/h5H,6H2,1-4H3. The molecule has 0 saturated carbocycles. The van der Waals surface area contributed by atoms with E-state index in [1.165, 1.54) is 11.8 Å². The maximum absolute atomic E-state index is 11.5. The minimum Gasteiger partial charge on any atom is -0.459 e. The summed E-state index contributed by atoms with van der Waals surface area (Å²) < 4.78 is 5.18. The van der Waals surface area contributed by atoms with Gasteiger partial charge in [0.2, 0.25) is 5.28 Å². The summed E-state index contributed by atoms with van der Waals surface area (Å²) in [5, 5.41) is 0.866. The molecule has 1 rings (SSSR count). The van der Waals surface area contributed by atoms with Crippen molar-refractivity contribution in [1.29, 1.82) is 0 Å². The molecule has 0 aliphatic carbocycles. The summed E-state index contributed by atoms with van der Waals surface area (Å²) in [4.78, 5) is 19.4. The first-order chi connectivity index (χ1) is 7.76. The maximum Gasteiger partial charge on any atom is 0.316 e. The number of carbonyl (C=O) groups is 1. The Bertz CT molecular complexity index is 398. The fourth-order valence-corrected chi connectivity index (χ4v) is 2.09. The Labute approximate surface area is 110 Å². The molecule has 0 atom stereocenters. The second-order valence-electron chi connectivity index (χ2n) is 4.49. The summed E-state index contributed by atoms with van der Waals surface area (Å²) in [5.74, 6) is -0.0563. The smallest absolute Gasteiger partial charge is 0.316 e. The summed E-state index contributed by atoms with van der Waals surface area (Å²) in [6.07, 6.45) is 0. The van der Waals surface area contributed by atoms with Crippen LogP contribution in [0.3, 0.4) is 0 Å². The van der Waals surface area contributed by atoms with E-state index in [9.17, 15) is 4.79 Å². The summed E-state index contributed by atoms with van der Waals surface area (Å²) >= 11 is 7.01. The Morgan fingerprint density at radius 1 is 1.47 bits per heavy atom. The van der Waals surface area contributed by atoms with Gasteiger partial charge in [-0.1, -0.05) is 11.8 Å². The molecule has 0 saturated heterocycles.